The molecular formula is C26H47NO3Si2. The largest absolute Gasteiger partial charge is 0.414 e. The lowest BCUT2D eigenvalue weighted by Crippen LogP contribution is -2.51. The fourth-order valence-corrected chi connectivity index (χ4v) is 10.1. The number of hydrogen-bond acceptors (Lipinski definition) is 4. The monoisotopic (exact) mass is 477 g/mol. The van der Waals surface area contributed by atoms with Gasteiger partial charge in [0.2, 0.25) is 0 Å². The van der Waals surface area contributed by atoms with E-state index >= 15 is 0 Å². The lowest BCUT2D eigenvalue weighted by molar-refractivity contribution is -0.0215. The molecule has 0 N–H and O–H groups in total. The first kappa shape index (κ1) is 24.7. The van der Waals surface area contributed by atoms with Crippen LogP contribution in [-0.4, -0.2) is 41.7 Å². The lowest BCUT2D eigenvalue weighted by Gasteiger charge is -2.57. The average molecular weight is 478 g/mol. The van der Waals surface area contributed by atoms with Gasteiger partial charge in [0.15, 0.2) is 16.6 Å². The molecule has 0 aromatic carbocycles. The van der Waals surface area contributed by atoms with Gasteiger partial charge in [-0.15, -0.1) is 0 Å². The molecule has 7 atom stereocenters. The summed E-state index contributed by atoms with van der Waals surface area (Å²) in [6, 6.07) is 0. The van der Waals surface area contributed by atoms with Crippen LogP contribution in [0.5, 0.6) is 0 Å². The summed E-state index contributed by atoms with van der Waals surface area (Å²) in [7, 11) is -1.46. The highest BCUT2D eigenvalue weighted by Gasteiger charge is 2.61. The first-order valence-corrected chi connectivity index (χ1v) is 19.8. The second-order valence-electron chi connectivity index (χ2n) is 13.4. The number of hydrogen-bond donors (Lipinski definition) is 0. The molecule has 32 heavy (non-hydrogen) atoms. The third-order valence-electron chi connectivity index (χ3n) is 9.01. The van der Waals surface area contributed by atoms with Crippen LogP contribution in [0, 0.1) is 28.6 Å². The highest BCUT2D eigenvalue weighted by Crippen LogP contribution is 2.64. The SMILES string of the molecule is CO/N=C1/[C@@H](O[Si](C)(C)C)C[C@H]2[C@@H]3CC=C4C[C@@H](O[Si](C)(C)C)CC[C@]4(C)[C@H]3CC[C@]12C. The Labute approximate surface area is 198 Å². The molecule has 0 bridgehead atoms. The second kappa shape index (κ2) is 8.35. The van der Waals surface area contributed by atoms with Crippen molar-refractivity contribution in [1.29, 1.82) is 0 Å². The summed E-state index contributed by atoms with van der Waals surface area (Å²) in [6.07, 6.45) is 11.7. The van der Waals surface area contributed by atoms with Crippen LogP contribution in [0.1, 0.15) is 58.8 Å². The van der Waals surface area contributed by atoms with Gasteiger partial charge in [0.05, 0.1) is 11.8 Å². The molecule has 0 unspecified atom stereocenters. The highest BCUT2D eigenvalue weighted by atomic mass is 28.4. The molecule has 4 rings (SSSR count). The van der Waals surface area contributed by atoms with E-state index in [0.717, 1.165) is 24.7 Å². The number of rotatable bonds is 5. The van der Waals surface area contributed by atoms with Crippen molar-refractivity contribution in [2.45, 2.75) is 110 Å². The molecule has 0 spiro atoms. The normalized spacial score (nSPS) is 43.3. The smallest absolute Gasteiger partial charge is 0.184 e. The maximum Gasteiger partial charge on any atom is 0.184 e. The van der Waals surface area contributed by atoms with Crippen molar-refractivity contribution in [1.82, 2.24) is 0 Å². The molecular weight excluding hydrogens is 430 g/mol. The Morgan fingerprint density at radius 1 is 0.906 bits per heavy atom. The van der Waals surface area contributed by atoms with Gasteiger partial charge in [0, 0.05) is 11.5 Å². The standard InChI is InChI=1S/C26H47NO3Si2/c1-25-14-12-19(29-31(4,5)6)16-18(25)10-11-20-21(25)13-15-26(2)22(20)17-23(24(26)27-28-3)30-32(7,8)9/h10,19-23H,11-17H2,1-9H3/b27-24-/t19-,20+,21-,22-,23-,25-,26-/m0/s1. The second-order valence-corrected chi connectivity index (χ2v) is 22.3. The summed E-state index contributed by atoms with van der Waals surface area (Å²) in [5.41, 5.74) is 3.36. The molecule has 4 nitrogen and oxygen atoms in total. The minimum Gasteiger partial charge on any atom is -0.414 e. The van der Waals surface area contributed by atoms with E-state index in [1.54, 1.807) is 12.7 Å². The van der Waals surface area contributed by atoms with Crippen molar-refractivity contribution in [3.05, 3.63) is 11.6 Å². The zero-order valence-electron chi connectivity index (χ0n) is 22.1. The Kier molecular flexibility index (Phi) is 6.44. The van der Waals surface area contributed by atoms with Crippen LogP contribution < -0.4 is 0 Å². The predicted molar refractivity (Wildman–Crippen MR) is 138 cm³/mol. The molecule has 0 radical (unpaired) electrons. The average Bonchev–Trinajstić information content (AvgIpc) is 2.92. The van der Waals surface area contributed by atoms with Crippen LogP contribution >= 0.6 is 0 Å². The van der Waals surface area contributed by atoms with Gasteiger partial charge in [0.25, 0.3) is 0 Å². The van der Waals surface area contributed by atoms with Gasteiger partial charge in [-0.1, -0.05) is 30.7 Å². The fraction of sp³-hybridized carbons (Fsp3) is 0.885. The Bertz CT molecular complexity index is 783. The summed E-state index contributed by atoms with van der Waals surface area (Å²) >= 11 is 0. The third-order valence-corrected chi connectivity index (χ3v) is 11.0. The van der Waals surface area contributed by atoms with Crippen LogP contribution in [0.3, 0.4) is 0 Å². The van der Waals surface area contributed by atoms with Crippen LogP contribution in [0.2, 0.25) is 39.3 Å². The molecule has 0 aromatic heterocycles. The molecule has 4 aliphatic carbocycles. The van der Waals surface area contributed by atoms with Crippen molar-refractivity contribution in [2.75, 3.05) is 7.11 Å². The van der Waals surface area contributed by atoms with Gasteiger partial charge in [-0.05, 0) is 107 Å². The quantitative estimate of drug-likeness (QED) is 0.243. The van der Waals surface area contributed by atoms with Crippen molar-refractivity contribution in [2.24, 2.45) is 33.7 Å². The van der Waals surface area contributed by atoms with Gasteiger partial charge < -0.3 is 13.7 Å². The Balaban J connectivity index is 1.60. The molecule has 6 heteroatoms. The van der Waals surface area contributed by atoms with E-state index in [9.17, 15) is 0 Å². The number of allylic oxidation sites excluding steroid dienone is 1. The van der Waals surface area contributed by atoms with Crippen molar-refractivity contribution < 1.29 is 13.7 Å². The summed E-state index contributed by atoms with van der Waals surface area (Å²) in [6.45, 7) is 18.9. The molecule has 4 aliphatic rings. The van der Waals surface area contributed by atoms with E-state index in [4.69, 9.17) is 13.7 Å². The minimum absolute atomic E-state index is 0.112. The molecule has 3 fully saturated rings. The predicted octanol–water partition coefficient (Wildman–Crippen LogP) is 7.00. The van der Waals surface area contributed by atoms with E-state index in [0.29, 0.717) is 17.4 Å². The summed E-state index contributed by atoms with van der Waals surface area (Å²) in [5, 5.41) is 4.61. The van der Waals surface area contributed by atoms with E-state index in [-0.39, 0.29) is 11.5 Å². The first-order valence-electron chi connectivity index (χ1n) is 12.9. The fourth-order valence-electron chi connectivity index (χ4n) is 7.80. The molecule has 0 saturated heterocycles. The highest BCUT2D eigenvalue weighted by molar-refractivity contribution is 6.70. The van der Waals surface area contributed by atoms with Gasteiger partial charge >= 0.3 is 0 Å². The van der Waals surface area contributed by atoms with Gasteiger partial charge in [-0.25, -0.2) is 0 Å². The maximum absolute atomic E-state index is 6.69. The van der Waals surface area contributed by atoms with Crippen LogP contribution in [0.4, 0.5) is 0 Å². The molecule has 0 heterocycles. The lowest BCUT2D eigenvalue weighted by atomic mass is 9.48. The summed E-state index contributed by atoms with van der Waals surface area (Å²) < 4.78 is 13.2. The van der Waals surface area contributed by atoms with E-state index in [1.165, 1.54) is 37.8 Å². The maximum atomic E-state index is 6.69. The number of oxime groups is 1. The molecule has 3 saturated carbocycles. The molecule has 0 amide bonds. The number of nitrogens with zero attached hydrogens (tertiary/aromatic N) is 1. The van der Waals surface area contributed by atoms with Gasteiger partial charge in [0.1, 0.15) is 7.11 Å². The summed E-state index contributed by atoms with van der Waals surface area (Å²) in [4.78, 5) is 5.38. The zero-order chi connectivity index (χ0) is 23.5. The molecule has 0 aromatic rings. The molecule has 0 aliphatic heterocycles. The minimum atomic E-state index is -1.66. The summed E-state index contributed by atoms with van der Waals surface area (Å²) in [5.74, 6) is 2.15. The van der Waals surface area contributed by atoms with E-state index in [2.05, 4.69) is 64.4 Å². The number of fused-ring (bicyclic) bond motifs is 5. The molecule has 182 valence electrons. The van der Waals surface area contributed by atoms with Crippen molar-refractivity contribution in [3.63, 3.8) is 0 Å². The van der Waals surface area contributed by atoms with E-state index in [1.807, 2.05) is 0 Å². The van der Waals surface area contributed by atoms with Crippen LogP contribution in [-0.2, 0) is 13.7 Å². The Morgan fingerprint density at radius 3 is 2.19 bits per heavy atom. The van der Waals surface area contributed by atoms with Crippen LogP contribution in [0.15, 0.2) is 16.8 Å². The van der Waals surface area contributed by atoms with E-state index < -0.39 is 16.6 Å². The zero-order valence-corrected chi connectivity index (χ0v) is 24.1. The van der Waals surface area contributed by atoms with Crippen molar-refractivity contribution >= 4 is 22.3 Å². The van der Waals surface area contributed by atoms with Crippen LogP contribution in [0.25, 0.3) is 0 Å². The van der Waals surface area contributed by atoms with Crippen molar-refractivity contribution in [3.8, 4) is 0 Å². The Morgan fingerprint density at radius 2 is 1.56 bits per heavy atom. The van der Waals surface area contributed by atoms with Gasteiger partial charge in [-0.2, -0.15) is 0 Å². The topological polar surface area (TPSA) is 40.0 Å². The third kappa shape index (κ3) is 4.46. The first-order chi connectivity index (χ1) is 14.8. The van der Waals surface area contributed by atoms with Gasteiger partial charge in [-0.3, -0.25) is 0 Å². The Hall–Kier alpha value is -0.436.